The zero-order chi connectivity index (χ0) is 22.3. The Morgan fingerprint density at radius 1 is 1.13 bits per heavy atom. The van der Waals surface area contributed by atoms with Crippen LogP contribution in [0.2, 0.25) is 5.02 Å². The Labute approximate surface area is 183 Å². The summed E-state index contributed by atoms with van der Waals surface area (Å²) < 4.78 is 37.8. The largest absolute Gasteiger partial charge is 0.497 e. The molecule has 7 nitrogen and oxygen atoms in total. The van der Waals surface area contributed by atoms with Gasteiger partial charge in [-0.15, -0.1) is 0 Å². The molecule has 0 heterocycles. The van der Waals surface area contributed by atoms with Crippen LogP contribution in [-0.4, -0.2) is 45.4 Å². The molecule has 1 atom stereocenters. The Hall–Kier alpha value is -2.29. The summed E-state index contributed by atoms with van der Waals surface area (Å²) >= 11 is 6.01. The fourth-order valence-corrected chi connectivity index (χ4v) is 4.76. The van der Waals surface area contributed by atoms with Gasteiger partial charge in [0.25, 0.3) is 5.91 Å². The lowest BCUT2D eigenvalue weighted by Gasteiger charge is -2.21. The summed E-state index contributed by atoms with van der Waals surface area (Å²) in [6.45, 7) is 5.64. The Morgan fingerprint density at radius 3 is 2.33 bits per heavy atom. The van der Waals surface area contributed by atoms with Gasteiger partial charge in [-0.2, -0.15) is 4.31 Å². The Bertz CT molecular complexity index is 960. The number of halogens is 1. The van der Waals surface area contributed by atoms with Gasteiger partial charge in [0.2, 0.25) is 10.0 Å². The molecular formula is C21H27ClN2O5S. The monoisotopic (exact) mass is 454 g/mol. The minimum absolute atomic E-state index is 0.0605. The predicted octanol–water partition coefficient (Wildman–Crippen LogP) is 3.64. The van der Waals surface area contributed by atoms with Crippen molar-refractivity contribution in [2.75, 3.05) is 26.8 Å². The number of rotatable bonds is 10. The second-order valence-corrected chi connectivity index (χ2v) is 8.87. The third-order valence-corrected chi connectivity index (χ3v) is 6.89. The number of hydrogen-bond acceptors (Lipinski definition) is 5. The first-order chi connectivity index (χ1) is 14.2. The molecule has 30 heavy (non-hydrogen) atoms. The maximum Gasteiger partial charge on any atom is 0.258 e. The smallest absolute Gasteiger partial charge is 0.258 e. The minimum Gasteiger partial charge on any atom is -0.497 e. The average molecular weight is 455 g/mol. The van der Waals surface area contributed by atoms with Crippen LogP contribution in [-0.2, 0) is 14.8 Å². The number of carbonyl (C=O) groups is 1. The van der Waals surface area contributed by atoms with Crippen LogP contribution < -0.4 is 14.8 Å². The highest BCUT2D eigenvalue weighted by Gasteiger charge is 2.26. The van der Waals surface area contributed by atoms with Gasteiger partial charge >= 0.3 is 0 Å². The van der Waals surface area contributed by atoms with E-state index in [0.29, 0.717) is 13.1 Å². The molecule has 0 radical (unpaired) electrons. The van der Waals surface area contributed by atoms with Crippen LogP contribution in [0, 0.1) is 0 Å². The number of sulfonamides is 1. The van der Waals surface area contributed by atoms with E-state index in [4.69, 9.17) is 21.1 Å². The molecule has 0 spiro atoms. The molecule has 0 saturated heterocycles. The molecule has 2 aromatic carbocycles. The summed E-state index contributed by atoms with van der Waals surface area (Å²) in [6.07, 6.45) is 0. The van der Waals surface area contributed by atoms with E-state index < -0.39 is 10.0 Å². The van der Waals surface area contributed by atoms with E-state index >= 15 is 0 Å². The van der Waals surface area contributed by atoms with Crippen molar-refractivity contribution in [1.82, 2.24) is 9.62 Å². The molecule has 0 aromatic heterocycles. The van der Waals surface area contributed by atoms with Crippen LogP contribution in [0.15, 0.2) is 47.4 Å². The van der Waals surface area contributed by atoms with Crippen molar-refractivity contribution in [3.8, 4) is 11.5 Å². The van der Waals surface area contributed by atoms with Crippen molar-refractivity contribution >= 4 is 27.5 Å². The highest BCUT2D eigenvalue weighted by atomic mass is 35.5. The van der Waals surface area contributed by atoms with Gasteiger partial charge in [-0.3, -0.25) is 4.79 Å². The van der Waals surface area contributed by atoms with Gasteiger partial charge in [0.05, 0.1) is 13.2 Å². The standard InChI is InChI=1S/C21H27ClN2O5S/c1-5-24(6-2)30(26,27)20-13-17(22)9-12-19(20)29-14-21(25)23-15(3)16-7-10-18(28-4)11-8-16/h7-13,15H,5-6,14H2,1-4H3,(H,23,25). The summed E-state index contributed by atoms with van der Waals surface area (Å²) in [4.78, 5) is 12.3. The van der Waals surface area contributed by atoms with E-state index in [0.717, 1.165) is 11.3 Å². The van der Waals surface area contributed by atoms with Gasteiger partial charge in [0.1, 0.15) is 16.4 Å². The van der Waals surface area contributed by atoms with E-state index in [-0.39, 0.29) is 34.2 Å². The van der Waals surface area contributed by atoms with E-state index in [1.54, 1.807) is 21.0 Å². The Balaban J connectivity index is 2.10. The number of benzene rings is 2. The summed E-state index contributed by atoms with van der Waals surface area (Å²) in [5.74, 6) is 0.434. The number of methoxy groups -OCH3 is 1. The third kappa shape index (κ3) is 5.87. The Kier molecular flexibility index (Phi) is 8.52. The maximum absolute atomic E-state index is 12.9. The molecule has 0 aliphatic rings. The molecule has 2 aromatic rings. The first kappa shape index (κ1) is 24.0. The highest BCUT2D eigenvalue weighted by Crippen LogP contribution is 2.30. The van der Waals surface area contributed by atoms with Crippen LogP contribution in [0.1, 0.15) is 32.4 Å². The molecule has 164 valence electrons. The van der Waals surface area contributed by atoms with Crippen molar-refractivity contribution in [2.45, 2.75) is 31.7 Å². The quantitative estimate of drug-likeness (QED) is 0.592. The second-order valence-electron chi connectivity index (χ2n) is 6.53. The molecular weight excluding hydrogens is 428 g/mol. The van der Waals surface area contributed by atoms with Gasteiger partial charge in [0, 0.05) is 18.1 Å². The van der Waals surface area contributed by atoms with Crippen molar-refractivity contribution in [2.24, 2.45) is 0 Å². The molecule has 2 rings (SSSR count). The average Bonchev–Trinajstić information content (AvgIpc) is 2.73. The SMILES string of the molecule is CCN(CC)S(=O)(=O)c1cc(Cl)ccc1OCC(=O)NC(C)c1ccc(OC)cc1. The molecule has 0 saturated carbocycles. The fraction of sp³-hybridized carbons (Fsp3) is 0.381. The van der Waals surface area contributed by atoms with E-state index in [9.17, 15) is 13.2 Å². The van der Waals surface area contributed by atoms with E-state index in [1.807, 2.05) is 31.2 Å². The fourth-order valence-electron chi connectivity index (χ4n) is 2.91. The number of nitrogens with one attached hydrogen (secondary N) is 1. The molecule has 0 fully saturated rings. The molecule has 0 aliphatic heterocycles. The highest BCUT2D eigenvalue weighted by molar-refractivity contribution is 7.89. The molecule has 1 unspecified atom stereocenters. The van der Waals surface area contributed by atoms with Crippen molar-refractivity contribution in [3.05, 3.63) is 53.1 Å². The number of hydrogen-bond donors (Lipinski definition) is 1. The van der Waals surface area contributed by atoms with Gasteiger partial charge in [-0.1, -0.05) is 37.6 Å². The lowest BCUT2D eigenvalue weighted by Crippen LogP contribution is -2.33. The van der Waals surface area contributed by atoms with E-state index in [2.05, 4.69) is 5.32 Å². The number of nitrogens with zero attached hydrogens (tertiary/aromatic N) is 1. The number of ether oxygens (including phenoxy) is 2. The van der Waals surface area contributed by atoms with E-state index in [1.165, 1.54) is 22.5 Å². The normalized spacial score (nSPS) is 12.5. The summed E-state index contributed by atoms with van der Waals surface area (Å²) in [5, 5.41) is 3.10. The second kappa shape index (κ2) is 10.7. The van der Waals surface area contributed by atoms with Crippen LogP contribution >= 0.6 is 11.6 Å². The van der Waals surface area contributed by atoms with Crippen LogP contribution in [0.25, 0.3) is 0 Å². The van der Waals surface area contributed by atoms with Crippen molar-refractivity contribution in [1.29, 1.82) is 0 Å². The first-order valence-corrected chi connectivity index (χ1v) is 11.4. The zero-order valence-corrected chi connectivity index (χ0v) is 19.1. The lowest BCUT2D eigenvalue weighted by atomic mass is 10.1. The minimum atomic E-state index is -3.79. The molecule has 0 bridgehead atoms. The molecule has 1 amide bonds. The predicted molar refractivity (Wildman–Crippen MR) is 117 cm³/mol. The third-order valence-electron chi connectivity index (χ3n) is 4.58. The van der Waals surface area contributed by atoms with Gasteiger partial charge in [-0.25, -0.2) is 8.42 Å². The number of amides is 1. The van der Waals surface area contributed by atoms with Gasteiger partial charge in [0.15, 0.2) is 6.61 Å². The van der Waals surface area contributed by atoms with Gasteiger partial charge < -0.3 is 14.8 Å². The molecule has 0 aliphatic carbocycles. The maximum atomic E-state index is 12.9. The lowest BCUT2D eigenvalue weighted by molar-refractivity contribution is -0.123. The van der Waals surface area contributed by atoms with Gasteiger partial charge in [-0.05, 0) is 42.8 Å². The topological polar surface area (TPSA) is 84.9 Å². The number of carbonyl (C=O) groups excluding carboxylic acids is 1. The summed E-state index contributed by atoms with van der Waals surface area (Å²) in [5.41, 5.74) is 0.903. The Morgan fingerprint density at radius 2 is 1.77 bits per heavy atom. The summed E-state index contributed by atoms with van der Waals surface area (Å²) in [7, 11) is -2.21. The molecule has 9 heteroatoms. The van der Waals surface area contributed by atoms with Crippen LogP contribution in [0.5, 0.6) is 11.5 Å². The molecule has 1 N–H and O–H groups in total. The van der Waals surface area contributed by atoms with Crippen LogP contribution in [0.4, 0.5) is 0 Å². The van der Waals surface area contributed by atoms with Crippen molar-refractivity contribution in [3.63, 3.8) is 0 Å². The zero-order valence-electron chi connectivity index (χ0n) is 17.5. The van der Waals surface area contributed by atoms with Crippen LogP contribution in [0.3, 0.4) is 0 Å². The first-order valence-electron chi connectivity index (χ1n) is 9.58. The van der Waals surface area contributed by atoms with Crippen molar-refractivity contribution < 1.29 is 22.7 Å². The summed E-state index contributed by atoms with van der Waals surface area (Å²) in [6, 6.07) is 11.4.